The molecular formula is C14H22FNO. The van der Waals surface area contributed by atoms with E-state index in [-0.39, 0.29) is 5.82 Å². The molecule has 2 nitrogen and oxygen atoms in total. The molecule has 2 unspecified atom stereocenters. The summed E-state index contributed by atoms with van der Waals surface area (Å²) >= 11 is 0. The zero-order valence-corrected chi connectivity index (χ0v) is 10.9. The van der Waals surface area contributed by atoms with Crippen molar-refractivity contribution in [3.05, 3.63) is 35.6 Å². The average molecular weight is 239 g/mol. The predicted molar refractivity (Wildman–Crippen MR) is 68.6 cm³/mol. The maximum absolute atomic E-state index is 13.0. The van der Waals surface area contributed by atoms with Gasteiger partial charge in [-0.2, -0.15) is 0 Å². The first-order valence-electron chi connectivity index (χ1n) is 6.08. The maximum Gasteiger partial charge on any atom is 0.123 e. The number of methoxy groups -OCH3 is 1. The molecule has 0 amide bonds. The lowest BCUT2D eigenvalue weighted by molar-refractivity contribution is 0.157. The van der Waals surface area contributed by atoms with Crippen LogP contribution in [0.2, 0.25) is 0 Å². The summed E-state index contributed by atoms with van der Waals surface area (Å²) in [5, 5.41) is 3.43. The molecule has 0 heterocycles. The summed E-state index contributed by atoms with van der Waals surface area (Å²) in [5.41, 5.74) is 1.03. The molecule has 0 radical (unpaired) electrons. The van der Waals surface area contributed by atoms with Crippen molar-refractivity contribution in [1.29, 1.82) is 0 Å². The lowest BCUT2D eigenvalue weighted by Crippen LogP contribution is -2.33. The summed E-state index contributed by atoms with van der Waals surface area (Å²) in [7, 11) is 1.71. The molecule has 1 N–H and O–H groups in total. The molecule has 17 heavy (non-hydrogen) atoms. The largest absolute Gasteiger partial charge is 0.384 e. The van der Waals surface area contributed by atoms with E-state index >= 15 is 0 Å². The van der Waals surface area contributed by atoms with Crippen molar-refractivity contribution in [2.45, 2.75) is 26.3 Å². The van der Waals surface area contributed by atoms with Crippen molar-refractivity contribution in [3.8, 4) is 0 Å². The van der Waals surface area contributed by atoms with Crippen LogP contribution in [0.15, 0.2) is 24.3 Å². The van der Waals surface area contributed by atoms with E-state index in [4.69, 9.17) is 4.74 Å². The lowest BCUT2D eigenvalue weighted by Gasteiger charge is -2.17. The molecule has 0 saturated carbocycles. The van der Waals surface area contributed by atoms with E-state index in [9.17, 15) is 4.39 Å². The van der Waals surface area contributed by atoms with E-state index < -0.39 is 0 Å². The van der Waals surface area contributed by atoms with E-state index in [2.05, 4.69) is 19.2 Å². The van der Waals surface area contributed by atoms with Crippen LogP contribution in [0.3, 0.4) is 0 Å². The Bertz CT molecular complexity index is 330. The van der Waals surface area contributed by atoms with Crippen LogP contribution in [0, 0.1) is 11.7 Å². The molecule has 0 aromatic heterocycles. The van der Waals surface area contributed by atoms with Crippen molar-refractivity contribution in [2.24, 2.45) is 5.92 Å². The lowest BCUT2D eigenvalue weighted by atomic mass is 10.1. The van der Waals surface area contributed by atoms with E-state index in [1.54, 1.807) is 19.2 Å². The second-order valence-corrected chi connectivity index (χ2v) is 4.70. The highest BCUT2D eigenvalue weighted by molar-refractivity contribution is 5.17. The smallest absolute Gasteiger partial charge is 0.123 e. The first-order valence-corrected chi connectivity index (χ1v) is 6.08. The third-order valence-corrected chi connectivity index (χ3v) is 2.70. The second-order valence-electron chi connectivity index (χ2n) is 4.70. The Labute approximate surface area is 103 Å². The average Bonchev–Trinajstić information content (AvgIpc) is 2.27. The van der Waals surface area contributed by atoms with Crippen LogP contribution >= 0.6 is 0 Å². The van der Waals surface area contributed by atoms with E-state index in [1.807, 2.05) is 6.07 Å². The van der Waals surface area contributed by atoms with Gasteiger partial charge in [-0.05, 0) is 37.0 Å². The fraction of sp³-hybridized carbons (Fsp3) is 0.571. The van der Waals surface area contributed by atoms with Crippen molar-refractivity contribution >= 4 is 0 Å². The number of ether oxygens (including phenoxy) is 1. The fourth-order valence-corrected chi connectivity index (χ4v) is 1.84. The minimum absolute atomic E-state index is 0.164. The van der Waals surface area contributed by atoms with Crippen LogP contribution in [0.25, 0.3) is 0 Å². The van der Waals surface area contributed by atoms with Crippen molar-refractivity contribution < 1.29 is 9.13 Å². The first kappa shape index (κ1) is 14.1. The van der Waals surface area contributed by atoms with Crippen molar-refractivity contribution in [1.82, 2.24) is 5.32 Å². The van der Waals surface area contributed by atoms with Crippen LogP contribution in [0.1, 0.15) is 19.4 Å². The quantitative estimate of drug-likeness (QED) is 0.789. The molecule has 0 aliphatic carbocycles. The Balaban J connectivity index is 2.32. The highest BCUT2D eigenvalue weighted by Crippen LogP contribution is 2.06. The number of nitrogens with one attached hydrogen (secondary N) is 1. The molecule has 1 aromatic carbocycles. The van der Waals surface area contributed by atoms with Crippen LogP contribution in [0.5, 0.6) is 0 Å². The highest BCUT2D eigenvalue weighted by Gasteiger charge is 2.06. The number of benzene rings is 1. The molecular weight excluding hydrogens is 217 g/mol. The number of halogens is 1. The molecule has 1 aromatic rings. The van der Waals surface area contributed by atoms with E-state index in [1.165, 1.54) is 6.07 Å². The van der Waals surface area contributed by atoms with Crippen LogP contribution in [-0.2, 0) is 11.2 Å². The molecule has 3 heteroatoms. The van der Waals surface area contributed by atoms with Gasteiger partial charge in [0.05, 0.1) is 0 Å². The van der Waals surface area contributed by atoms with Gasteiger partial charge in [-0.3, -0.25) is 0 Å². The van der Waals surface area contributed by atoms with Crippen LogP contribution in [0.4, 0.5) is 4.39 Å². The van der Waals surface area contributed by atoms with Gasteiger partial charge in [0, 0.05) is 26.3 Å². The van der Waals surface area contributed by atoms with Crippen molar-refractivity contribution in [3.63, 3.8) is 0 Å². The summed E-state index contributed by atoms with van der Waals surface area (Å²) < 4.78 is 18.1. The Morgan fingerprint density at radius 2 is 2.12 bits per heavy atom. The predicted octanol–water partition coefficient (Wildman–Crippen LogP) is 2.63. The van der Waals surface area contributed by atoms with Gasteiger partial charge >= 0.3 is 0 Å². The minimum Gasteiger partial charge on any atom is -0.384 e. The summed E-state index contributed by atoms with van der Waals surface area (Å²) in [6.07, 6.45) is 0.845. The zero-order valence-electron chi connectivity index (χ0n) is 10.9. The Kier molecular flexibility index (Phi) is 6.16. The molecule has 96 valence electrons. The molecule has 0 aliphatic rings. The molecule has 0 spiro atoms. The third-order valence-electron chi connectivity index (χ3n) is 2.70. The molecule has 2 atom stereocenters. The van der Waals surface area contributed by atoms with Gasteiger partial charge in [0.25, 0.3) is 0 Å². The van der Waals surface area contributed by atoms with E-state index in [0.29, 0.717) is 12.0 Å². The molecule has 0 bridgehead atoms. The van der Waals surface area contributed by atoms with Gasteiger partial charge in [0.2, 0.25) is 0 Å². The summed E-state index contributed by atoms with van der Waals surface area (Å²) in [6, 6.07) is 7.13. The normalized spacial score (nSPS) is 14.6. The first-order chi connectivity index (χ1) is 8.11. The third kappa shape index (κ3) is 5.80. The van der Waals surface area contributed by atoms with Gasteiger partial charge in [-0.15, -0.1) is 0 Å². The molecule has 1 rings (SSSR count). The molecule has 0 saturated heterocycles. The summed E-state index contributed by atoms with van der Waals surface area (Å²) in [6.45, 7) is 5.94. The molecule has 0 fully saturated rings. The van der Waals surface area contributed by atoms with Gasteiger partial charge in [-0.1, -0.05) is 19.1 Å². The number of rotatable bonds is 7. The van der Waals surface area contributed by atoms with Crippen LogP contribution < -0.4 is 5.32 Å². The van der Waals surface area contributed by atoms with Gasteiger partial charge in [0.15, 0.2) is 0 Å². The van der Waals surface area contributed by atoms with Gasteiger partial charge < -0.3 is 10.1 Å². The topological polar surface area (TPSA) is 21.3 Å². The van der Waals surface area contributed by atoms with Crippen LogP contribution in [-0.4, -0.2) is 26.3 Å². The summed E-state index contributed by atoms with van der Waals surface area (Å²) in [4.78, 5) is 0. The standard InChI is InChI=1S/C14H22FNO/c1-11(10-17-3)9-16-12(2)7-13-5-4-6-14(15)8-13/h4-6,8,11-12,16H,7,9-10H2,1-3H3. The van der Waals surface area contributed by atoms with E-state index in [0.717, 1.165) is 25.1 Å². The Hall–Kier alpha value is -0.930. The highest BCUT2D eigenvalue weighted by atomic mass is 19.1. The fourth-order valence-electron chi connectivity index (χ4n) is 1.84. The number of hydrogen-bond acceptors (Lipinski definition) is 2. The van der Waals surface area contributed by atoms with Gasteiger partial charge in [0.1, 0.15) is 5.82 Å². The Morgan fingerprint density at radius 1 is 1.35 bits per heavy atom. The Morgan fingerprint density at radius 3 is 2.76 bits per heavy atom. The zero-order chi connectivity index (χ0) is 12.7. The van der Waals surface area contributed by atoms with Gasteiger partial charge in [-0.25, -0.2) is 4.39 Å². The number of hydrogen-bond donors (Lipinski definition) is 1. The SMILES string of the molecule is COCC(C)CNC(C)Cc1cccc(F)c1. The van der Waals surface area contributed by atoms with Crippen molar-refractivity contribution in [2.75, 3.05) is 20.3 Å². The summed E-state index contributed by atoms with van der Waals surface area (Å²) in [5.74, 6) is 0.331. The monoisotopic (exact) mass is 239 g/mol. The maximum atomic E-state index is 13.0. The minimum atomic E-state index is -0.164. The molecule has 0 aliphatic heterocycles. The second kappa shape index (κ2) is 7.41.